The Hall–Kier alpha value is -1.64. The lowest BCUT2D eigenvalue weighted by atomic mass is 10.2. The Balaban J connectivity index is 1.59. The van der Waals surface area contributed by atoms with Crippen LogP contribution in [0.3, 0.4) is 0 Å². The lowest BCUT2D eigenvalue weighted by Gasteiger charge is -2.36. The molecule has 1 aliphatic rings. The van der Waals surface area contributed by atoms with Gasteiger partial charge < -0.3 is 5.32 Å². The van der Waals surface area contributed by atoms with E-state index in [1.807, 2.05) is 11.8 Å². The minimum absolute atomic E-state index is 0.156. The van der Waals surface area contributed by atoms with E-state index in [1.165, 1.54) is 16.4 Å². The van der Waals surface area contributed by atoms with Gasteiger partial charge in [0.2, 0.25) is 15.9 Å². The summed E-state index contributed by atoms with van der Waals surface area (Å²) >= 11 is 11.8. The molecule has 1 amide bonds. The van der Waals surface area contributed by atoms with Gasteiger partial charge in [-0.1, -0.05) is 29.3 Å². The molecule has 6 nitrogen and oxygen atoms in total. The zero-order valence-electron chi connectivity index (χ0n) is 15.3. The smallest absolute Gasteiger partial charge is 0.243 e. The first-order valence-electron chi connectivity index (χ1n) is 8.83. The van der Waals surface area contributed by atoms with Crippen LogP contribution in [0.25, 0.3) is 0 Å². The topological polar surface area (TPSA) is 69.7 Å². The maximum absolute atomic E-state index is 12.8. The number of hydrogen-bond acceptors (Lipinski definition) is 4. The molecule has 1 saturated heterocycles. The van der Waals surface area contributed by atoms with Crippen molar-refractivity contribution in [2.45, 2.75) is 17.9 Å². The van der Waals surface area contributed by atoms with Gasteiger partial charge in [-0.3, -0.25) is 9.69 Å². The Morgan fingerprint density at radius 2 is 1.64 bits per heavy atom. The van der Waals surface area contributed by atoms with Gasteiger partial charge in [-0.2, -0.15) is 4.31 Å². The van der Waals surface area contributed by atoms with Gasteiger partial charge in [-0.25, -0.2) is 8.42 Å². The van der Waals surface area contributed by atoms with Crippen LogP contribution in [0.5, 0.6) is 0 Å². The highest BCUT2D eigenvalue weighted by Gasteiger charge is 2.31. The van der Waals surface area contributed by atoms with Crippen molar-refractivity contribution in [2.24, 2.45) is 0 Å². The fourth-order valence-electron chi connectivity index (χ4n) is 3.07. The third kappa shape index (κ3) is 4.85. The molecule has 9 heteroatoms. The minimum atomic E-state index is -3.57. The summed E-state index contributed by atoms with van der Waals surface area (Å²) in [6.07, 6.45) is 0. The number of anilines is 1. The fraction of sp³-hybridized carbons (Fsp3) is 0.316. The highest BCUT2D eigenvalue weighted by Crippen LogP contribution is 2.21. The molecule has 0 bridgehead atoms. The molecule has 1 fully saturated rings. The summed E-state index contributed by atoms with van der Waals surface area (Å²) < 4.78 is 26.9. The Bertz CT molecular complexity index is 943. The molecule has 0 spiro atoms. The maximum atomic E-state index is 12.8. The number of nitrogens with zero attached hydrogens (tertiary/aromatic N) is 2. The van der Waals surface area contributed by atoms with E-state index in [0.717, 1.165) is 0 Å². The van der Waals surface area contributed by atoms with Crippen LogP contribution in [0, 0.1) is 0 Å². The highest BCUT2D eigenvalue weighted by molar-refractivity contribution is 7.89. The minimum Gasteiger partial charge on any atom is -0.325 e. The summed E-state index contributed by atoms with van der Waals surface area (Å²) in [4.78, 5) is 14.7. The van der Waals surface area contributed by atoms with Crippen LogP contribution in [-0.2, 0) is 14.8 Å². The third-order valence-corrected chi connectivity index (χ3v) is 7.14. The molecule has 3 rings (SSSR count). The zero-order chi connectivity index (χ0) is 20.3. The largest absolute Gasteiger partial charge is 0.325 e. The molecule has 28 heavy (non-hydrogen) atoms. The molecule has 150 valence electrons. The van der Waals surface area contributed by atoms with Gasteiger partial charge in [0.15, 0.2) is 0 Å². The molecule has 2 aromatic rings. The van der Waals surface area contributed by atoms with Crippen LogP contribution >= 0.6 is 23.2 Å². The number of amides is 1. The molecule has 1 aliphatic heterocycles. The second-order valence-corrected chi connectivity index (χ2v) is 9.38. The first-order valence-corrected chi connectivity index (χ1v) is 11.0. The molecule has 2 aromatic carbocycles. The average molecular weight is 442 g/mol. The number of benzene rings is 2. The lowest BCUT2D eigenvalue weighted by Crippen LogP contribution is -2.53. The van der Waals surface area contributed by atoms with Crippen molar-refractivity contribution in [1.82, 2.24) is 9.21 Å². The number of halogens is 2. The van der Waals surface area contributed by atoms with E-state index < -0.39 is 10.0 Å². The van der Waals surface area contributed by atoms with Crippen molar-refractivity contribution in [3.8, 4) is 0 Å². The van der Waals surface area contributed by atoms with E-state index in [4.69, 9.17) is 23.2 Å². The predicted molar refractivity (Wildman–Crippen MR) is 111 cm³/mol. The Labute approximate surface area is 175 Å². The number of carbonyl (C=O) groups is 1. The van der Waals surface area contributed by atoms with Crippen LogP contribution in [0.15, 0.2) is 53.4 Å². The number of carbonyl (C=O) groups excluding carboxylic acids is 1. The second-order valence-electron chi connectivity index (χ2n) is 6.57. The molecular formula is C19H21Cl2N3O3S. The Morgan fingerprint density at radius 3 is 2.25 bits per heavy atom. The first-order chi connectivity index (χ1) is 13.3. The monoisotopic (exact) mass is 441 g/mol. The molecule has 0 aliphatic carbocycles. The van der Waals surface area contributed by atoms with Gasteiger partial charge >= 0.3 is 0 Å². The van der Waals surface area contributed by atoms with E-state index in [-0.39, 0.29) is 16.8 Å². The van der Waals surface area contributed by atoms with Crippen LogP contribution in [-0.4, -0.2) is 55.8 Å². The lowest BCUT2D eigenvalue weighted by molar-refractivity contribution is -0.121. The van der Waals surface area contributed by atoms with Crippen molar-refractivity contribution < 1.29 is 13.2 Å². The summed E-state index contributed by atoms with van der Waals surface area (Å²) in [6.45, 7) is 3.39. The highest BCUT2D eigenvalue weighted by atomic mass is 35.5. The van der Waals surface area contributed by atoms with Crippen molar-refractivity contribution in [2.75, 3.05) is 31.5 Å². The predicted octanol–water partition coefficient (Wildman–Crippen LogP) is 3.33. The first kappa shape index (κ1) is 21.1. The SMILES string of the molecule is C[C@H](C(=O)Nc1cccc(Cl)c1)N1CCN(S(=O)(=O)c2ccc(Cl)cc2)CC1. The van der Waals surface area contributed by atoms with Crippen LogP contribution in [0.2, 0.25) is 10.0 Å². The molecule has 1 heterocycles. The number of rotatable bonds is 5. The van der Waals surface area contributed by atoms with Crippen molar-refractivity contribution in [3.63, 3.8) is 0 Å². The Kier molecular flexibility index (Phi) is 6.62. The standard InChI is InChI=1S/C19H21Cl2N3O3S/c1-14(19(25)22-17-4-2-3-16(21)13-17)23-9-11-24(12-10-23)28(26,27)18-7-5-15(20)6-8-18/h2-8,13-14H,9-12H2,1H3,(H,22,25)/t14-/m1/s1. The van der Waals surface area contributed by atoms with Gasteiger partial charge in [-0.15, -0.1) is 0 Å². The fourth-order valence-corrected chi connectivity index (χ4v) is 4.80. The van der Waals surface area contributed by atoms with E-state index >= 15 is 0 Å². The molecule has 1 N–H and O–H groups in total. The number of nitrogens with one attached hydrogen (secondary N) is 1. The van der Waals surface area contributed by atoms with Gasteiger partial charge in [0.25, 0.3) is 0 Å². The van der Waals surface area contributed by atoms with E-state index in [1.54, 1.807) is 36.4 Å². The van der Waals surface area contributed by atoms with Crippen LogP contribution < -0.4 is 5.32 Å². The van der Waals surface area contributed by atoms with E-state index in [9.17, 15) is 13.2 Å². The van der Waals surface area contributed by atoms with Crippen molar-refractivity contribution >= 4 is 44.8 Å². The molecule has 1 atom stereocenters. The summed E-state index contributed by atoms with van der Waals surface area (Å²) in [7, 11) is -3.57. The number of sulfonamides is 1. The van der Waals surface area contributed by atoms with E-state index in [0.29, 0.717) is 41.9 Å². The maximum Gasteiger partial charge on any atom is 0.243 e. The van der Waals surface area contributed by atoms with Crippen molar-refractivity contribution in [3.05, 3.63) is 58.6 Å². The Morgan fingerprint density at radius 1 is 1.00 bits per heavy atom. The van der Waals surface area contributed by atoms with Gasteiger partial charge in [0, 0.05) is 41.9 Å². The molecule has 0 radical (unpaired) electrons. The van der Waals surface area contributed by atoms with Crippen molar-refractivity contribution in [1.29, 1.82) is 0 Å². The van der Waals surface area contributed by atoms with Gasteiger partial charge in [0.05, 0.1) is 10.9 Å². The van der Waals surface area contributed by atoms with Gasteiger partial charge in [0.1, 0.15) is 0 Å². The molecule has 0 unspecified atom stereocenters. The normalized spacial score (nSPS) is 17.2. The van der Waals surface area contributed by atoms with Gasteiger partial charge in [-0.05, 0) is 49.4 Å². The number of hydrogen-bond donors (Lipinski definition) is 1. The third-order valence-electron chi connectivity index (χ3n) is 4.74. The van der Waals surface area contributed by atoms with Crippen LogP contribution in [0.1, 0.15) is 6.92 Å². The number of piperazine rings is 1. The molecule has 0 saturated carbocycles. The quantitative estimate of drug-likeness (QED) is 0.772. The summed E-state index contributed by atoms with van der Waals surface area (Å²) in [5.74, 6) is -0.156. The van der Waals surface area contributed by atoms with E-state index in [2.05, 4.69) is 5.32 Å². The summed E-state index contributed by atoms with van der Waals surface area (Å²) in [5.41, 5.74) is 0.633. The second kappa shape index (κ2) is 8.80. The van der Waals surface area contributed by atoms with Crippen LogP contribution in [0.4, 0.5) is 5.69 Å². The molecule has 0 aromatic heterocycles. The molecular weight excluding hydrogens is 421 g/mol. The summed E-state index contributed by atoms with van der Waals surface area (Å²) in [6, 6.07) is 12.7. The summed E-state index contributed by atoms with van der Waals surface area (Å²) in [5, 5.41) is 3.88. The zero-order valence-corrected chi connectivity index (χ0v) is 17.6. The average Bonchev–Trinajstić information content (AvgIpc) is 2.68.